The Kier molecular flexibility index (Phi) is 5.07. The van der Waals surface area contributed by atoms with Crippen molar-refractivity contribution in [3.63, 3.8) is 0 Å². The highest BCUT2D eigenvalue weighted by atomic mass is 16.2. The molecule has 0 spiro atoms. The molecule has 1 amide bonds. The van der Waals surface area contributed by atoms with Gasteiger partial charge in [0.25, 0.3) is 5.91 Å². The third-order valence-electron chi connectivity index (χ3n) is 3.68. The first-order chi connectivity index (χ1) is 12.5. The van der Waals surface area contributed by atoms with Crippen molar-refractivity contribution >= 4 is 17.8 Å². The SMILES string of the molecule is Cc1cc(C)cc(-c2ncn(/C=C\C(=O)NN(C)c3cccnc3)n2)c1. The van der Waals surface area contributed by atoms with E-state index in [1.165, 1.54) is 10.8 Å². The highest BCUT2D eigenvalue weighted by Crippen LogP contribution is 2.18. The maximum atomic E-state index is 12.0. The van der Waals surface area contributed by atoms with Gasteiger partial charge in [-0.25, -0.2) is 9.67 Å². The normalized spacial score (nSPS) is 10.9. The van der Waals surface area contributed by atoms with Crippen molar-refractivity contribution in [3.8, 4) is 11.4 Å². The molecule has 1 N–H and O–H groups in total. The number of benzene rings is 1. The summed E-state index contributed by atoms with van der Waals surface area (Å²) in [5, 5.41) is 5.99. The van der Waals surface area contributed by atoms with Gasteiger partial charge in [-0.15, -0.1) is 5.10 Å². The zero-order valence-corrected chi connectivity index (χ0v) is 14.9. The van der Waals surface area contributed by atoms with Crippen LogP contribution in [0.5, 0.6) is 0 Å². The molecule has 0 unspecified atom stereocenters. The maximum absolute atomic E-state index is 12.0. The van der Waals surface area contributed by atoms with Gasteiger partial charge in [-0.2, -0.15) is 0 Å². The second-order valence-corrected chi connectivity index (χ2v) is 5.99. The number of aryl methyl sites for hydroxylation is 2. The monoisotopic (exact) mass is 348 g/mol. The van der Waals surface area contributed by atoms with Crippen molar-refractivity contribution < 1.29 is 4.79 Å². The molecule has 0 fully saturated rings. The third-order valence-corrected chi connectivity index (χ3v) is 3.68. The van der Waals surface area contributed by atoms with Gasteiger partial charge in [-0.3, -0.25) is 20.2 Å². The second-order valence-electron chi connectivity index (χ2n) is 5.99. The number of nitrogens with one attached hydrogen (secondary N) is 1. The number of nitrogens with zero attached hydrogens (tertiary/aromatic N) is 5. The van der Waals surface area contributed by atoms with Crippen molar-refractivity contribution in [2.24, 2.45) is 0 Å². The summed E-state index contributed by atoms with van der Waals surface area (Å²) >= 11 is 0. The van der Waals surface area contributed by atoms with Crippen molar-refractivity contribution in [2.45, 2.75) is 13.8 Å². The Morgan fingerprint density at radius 2 is 2.00 bits per heavy atom. The minimum absolute atomic E-state index is 0.278. The van der Waals surface area contributed by atoms with E-state index >= 15 is 0 Å². The van der Waals surface area contributed by atoms with Gasteiger partial charge >= 0.3 is 0 Å². The number of aromatic nitrogens is 4. The van der Waals surface area contributed by atoms with Crippen molar-refractivity contribution in [2.75, 3.05) is 12.1 Å². The molecule has 0 atom stereocenters. The number of carbonyl (C=O) groups is 1. The Hall–Kier alpha value is -3.48. The Morgan fingerprint density at radius 1 is 1.23 bits per heavy atom. The number of amides is 1. The molecule has 0 aliphatic carbocycles. The second kappa shape index (κ2) is 7.60. The predicted molar refractivity (Wildman–Crippen MR) is 101 cm³/mol. The quantitative estimate of drug-likeness (QED) is 0.566. The first-order valence-electron chi connectivity index (χ1n) is 8.13. The number of pyridine rings is 1. The molecule has 3 rings (SSSR count). The minimum Gasteiger partial charge on any atom is -0.287 e. The van der Waals surface area contributed by atoms with Crippen molar-refractivity contribution in [1.29, 1.82) is 0 Å². The van der Waals surface area contributed by atoms with Crippen LogP contribution < -0.4 is 10.4 Å². The molecule has 0 bridgehead atoms. The van der Waals surface area contributed by atoms with Crippen LogP contribution in [0.3, 0.4) is 0 Å². The molecule has 132 valence electrons. The first kappa shape index (κ1) is 17.3. The molecule has 0 saturated carbocycles. The molecule has 0 radical (unpaired) electrons. The lowest BCUT2D eigenvalue weighted by Crippen LogP contribution is -2.38. The van der Waals surface area contributed by atoms with Crippen molar-refractivity contribution in [3.05, 3.63) is 66.3 Å². The fourth-order valence-corrected chi connectivity index (χ4v) is 2.55. The molecule has 3 aromatic rings. The zero-order valence-electron chi connectivity index (χ0n) is 14.9. The van der Waals surface area contributed by atoms with E-state index in [4.69, 9.17) is 0 Å². The summed E-state index contributed by atoms with van der Waals surface area (Å²) in [6, 6.07) is 9.82. The zero-order chi connectivity index (χ0) is 18.5. The number of hydrogen-bond acceptors (Lipinski definition) is 5. The molecule has 26 heavy (non-hydrogen) atoms. The number of rotatable bonds is 5. The summed E-state index contributed by atoms with van der Waals surface area (Å²) in [5.74, 6) is 0.342. The van der Waals surface area contributed by atoms with Gasteiger partial charge in [-0.05, 0) is 38.1 Å². The topological polar surface area (TPSA) is 75.9 Å². The van der Waals surface area contributed by atoms with Crippen LogP contribution in [0.4, 0.5) is 5.69 Å². The van der Waals surface area contributed by atoms with E-state index in [-0.39, 0.29) is 5.91 Å². The van der Waals surface area contributed by atoms with Crippen LogP contribution in [0, 0.1) is 13.8 Å². The van der Waals surface area contributed by atoms with E-state index in [1.54, 1.807) is 43.0 Å². The van der Waals surface area contributed by atoms with E-state index in [9.17, 15) is 4.79 Å². The number of carbonyl (C=O) groups excluding carboxylic acids is 1. The Labute approximate surface area is 152 Å². The minimum atomic E-state index is -0.278. The summed E-state index contributed by atoms with van der Waals surface area (Å²) in [6.07, 6.45) is 7.87. The molecular weight excluding hydrogens is 328 g/mol. The van der Waals surface area contributed by atoms with Gasteiger partial charge in [0.05, 0.1) is 11.9 Å². The smallest absolute Gasteiger partial charge is 0.264 e. The maximum Gasteiger partial charge on any atom is 0.264 e. The van der Waals surface area contributed by atoms with E-state index in [0.717, 1.165) is 22.4 Å². The van der Waals surface area contributed by atoms with Gasteiger partial charge in [-0.1, -0.05) is 17.2 Å². The molecular formula is C19H20N6O. The molecule has 0 saturated heterocycles. The number of hydrogen-bond donors (Lipinski definition) is 1. The van der Waals surface area contributed by atoms with Gasteiger partial charge < -0.3 is 0 Å². The van der Waals surface area contributed by atoms with Crippen LogP contribution in [0.15, 0.2) is 55.1 Å². The van der Waals surface area contributed by atoms with E-state index in [2.05, 4.69) is 26.6 Å². The van der Waals surface area contributed by atoms with Crippen LogP contribution in [-0.2, 0) is 4.79 Å². The Bertz CT molecular complexity index is 912. The van der Waals surface area contributed by atoms with Crippen molar-refractivity contribution in [1.82, 2.24) is 25.2 Å². The van der Waals surface area contributed by atoms with E-state index in [0.29, 0.717) is 5.82 Å². The van der Waals surface area contributed by atoms with Crippen LogP contribution in [0.2, 0.25) is 0 Å². The molecule has 2 aromatic heterocycles. The van der Waals surface area contributed by atoms with Crippen LogP contribution in [0.25, 0.3) is 17.6 Å². The first-order valence-corrected chi connectivity index (χ1v) is 8.13. The largest absolute Gasteiger partial charge is 0.287 e. The third kappa shape index (κ3) is 4.32. The van der Waals surface area contributed by atoms with E-state index < -0.39 is 0 Å². The lowest BCUT2D eigenvalue weighted by atomic mass is 10.1. The fraction of sp³-hybridized carbons (Fsp3) is 0.158. The predicted octanol–water partition coefficient (Wildman–Crippen LogP) is 2.60. The highest BCUT2D eigenvalue weighted by molar-refractivity contribution is 5.91. The molecule has 7 heteroatoms. The fourth-order valence-electron chi connectivity index (χ4n) is 2.55. The van der Waals surface area contributed by atoms with E-state index in [1.807, 2.05) is 32.0 Å². The molecule has 7 nitrogen and oxygen atoms in total. The summed E-state index contributed by atoms with van der Waals surface area (Å²) in [4.78, 5) is 20.4. The number of hydrazine groups is 1. The molecule has 2 heterocycles. The number of anilines is 1. The van der Waals surface area contributed by atoms with Crippen LogP contribution >= 0.6 is 0 Å². The van der Waals surface area contributed by atoms with Gasteiger partial charge in [0.15, 0.2) is 5.82 Å². The molecule has 1 aromatic carbocycles. The standard InChI is InChI=1S/C19H20N6O/c1-14-9-15(2)11-16(10-14)19-21-13-25(23-19)8-6-18(26)22-24(3)17-5-4-7-20-12-17/h4-13H,1-3H3,(H,22,26)/b8-6-. The average molecular weight is 348 g/mol. The lowest BCUT2D eigenvalue weighted by Gasteiger charge is -2.18. The van der Waals surface area contributed by atoms with Crippen LogP contribution in [0.1, 0.15) is 11.1 Å². The highest BCUT2D eigenvalue weighted by Gasteiger charge is 2.06. The molecule has 0 aliphatic rings. The lowest BCUT2D eigenvalue weighted by molar-refractivity contribution is -0.116. The summed E-state index contributed by atoms with van der Waals surface area (Å²) in [7, 11) is 1.75. The Morgan fingerprint density at radius 3 is 2.69 bits per heavy atom. The van der Waals surface area contributed by atoms with Gasteiger partial charge in [0.1, 0.15) is 6.33 Å². The average Bonchev–Trinajstić information content (AvgIpc) is 3.09. The van der Waals surface area contributed by atoms with Gasteiger partial charge in [0, 0.05) is 31.1 Å². The van der Waals surface area contributed by atoms with Crippen LogP contribution in [-0.4, -0.2) is 32.7 Å². The summed E-state index contributed by atoms with van der Waals surface area (Å²) in [5.41, 5.74) is 6.78. The molecule has 0 aliphatic heterocycles. The Balaban J connectivity index is 1.65. The van der Waals surface area contributed by atoms with Gasteiger partial charge in [0.2, 0.25) is 0 Å². The summed E-state index contributed by atoms with van der Waals surface area (Å²) in [6.45, 7) is 4.08. The summed E-state index contributed by atoms with van der Waals surface area (Å²) < 4.78 is 1.51.